The summed E-state index contributed by atoms with van der Waals surface area (Å²) in [6, 6.07) is 11.8. The molecule has 106 valence electrons. The molecule has 0 unspecified atom stereocenters. The standard InChI is InChI=1S/C16H19BrN2O/c1-10(2)20-15-8-12(18)7-14(9-15)19-13-4-5-16(17)11(3)6-13/h4-10,19H,18H2,1-3H3. The number of hydrogen-bond donors (Lipinski definition) is 2. The van der Waals surface area contributed by atoms with Crippen LogP contribution in [0.15, 0.2) is 40.9 Å². The van der Waals surface area contributed by atoms with Gasteiger partial charge in [-0.15, -0.1) is 0 Å². The molecule has 0 saturated carbocycles. The molecule has 0 spiro atoms. The van der Waals surface area contributed by atoms with E-state index in [1.165, 1.54) is 5.56 Å². The van der Waals surface area contributed by atoms with Gasteiger partial charge in [0.1, 0.15) is 5.75 Å². The second kappa shape index (κ2) is 6.18. The first-order valence-corrected chi connectivity index (χ1v) is 7.34. The fourth-order valence-corrected chi connectivity index (χ4v) is 2.17. The van der Waals surface area contributed by atoms with Crippen LogP contribution in [0.1, 0.15) is 19.4 Å². The smallest absolute Gasteiger partial charge is 0.123 e. The third kappa shape index (κ3) is 3.90. The Morgan fingerprint density at radius 1 is 1.10 bits per heavy atom. The Hall–Kier alpha value is -1.68. The normalized spacial score (nSPS) is 10.7. The molecule has 0 amide bonds. The number of halogens is 1. The number of aryl methyl sites for hydroxylation is 1. The number of benzene rings is 2. The predicted molar refractivity (Wildman–Crippen MR) is 88.8 cm³/mol. The highest BCUT2D eigenvalue weighted by Crippen LogP contribution is 2.27. The van der Waals surface area contributed by atoms with Crippen molar-refractivity contribution in [1.82, 2.24) is 0 Å². The van der Waals surface area contributed by atoms with E-state index >= 15 is 0 Å². The lowest BCUT2D eigenvalue weighted by Gasteiger charge is -2.14. The lowest BCUT2D eigenvalue weighted by atomic mass is 10.2. The third-order valence-electron chi connectivity index (χ3n) is 2.75. The number of nitrogen functional groups attached to an aromatic ring is 1. The van der Waals surface area contributed by atoms with Gasteiger partial charge >= 0.3 is 0 Å². The molecule has 4 heteroatoms. The van der Waals surface area contributed by atoms with Crippen molar-refractivity contribution in [3.05, 3.63) is 46.4 Å². The van der Waals surface area contributed by atoms with Crippen LogP contribution in [-0.2, 0) is 0 Å². The van der Waals surface area contributed by atoms with Gasteiger partial charge in [0.15, 0.2) is 0 Å². The molecule has 0 bridgehead atoms. The first-order chi connectivity index (χ1) is 9.44. The zero-order valence-corrected chi connectivity index (χ0v) is 13.5. The Labute approximate surface area is 128 Å². The minimum absolute atomic E-state index is 0.125. The van der Waals surface area contributed by atoms with Crippen molar-refractivity contribution in [2.24, 2.45) is 0 Å². The minimum Gasteiger partial charge on any atom is -0.491 e. The average Bonchev–Trinajstić information content (AvgIpc) is 2.32. The van der Waals surface area contributed by atoms with Crippen molar-refractivity contribution in [2.75, 3.05) is 11.1 Å². The van der Waals surface area contributed by atoms with Gasteiger partial charge in [0.25, 0.3) is 0 Å². The van der Waals surface area contributed by atoms with Crippen molar-refractivity contribution in [3.63, 3.8) is 0 Å². The Bertz CT molecular complexity index is 611. The first-order valence-electron chi connectivity index (χ1n) is 6.54. The summed E-state index contributed by atoms with van der Waals surface area (Å²) >= 11 is 3.50. The minimum atomic E-state index is 0.125. The van der Waals surface area contributed by atoms with Gasteiger partial charge in [-0.3, -0.25) is 0 Å². The van der Waals surface area contributed by atoms with Crippen LogP contribution >= 0.6 is 15.9 Å². The van der Waals surface area contributed by atoms with Crippen LogP contribution < -0.4 is 15.8 Å². The van der Waals surface area contributed by atoms with Crippen molar-refractivity contribution in [3.8, 4) is 5.75 Å². The van der Waals surface area contributed by atoms with Gasteiger partial charge < -0.3 is 15.8 Å². The quantitative estimate of drug-likeness (QED) is 0.784. The highest BCUT2D eigenvalue weighted by atomic mass is 79.9. The maximum absolute atomic E-state index is 5.92. The molecule has 0 radical (unpaired) electrons. The highest BCUT2D eigenvalue weighted by Gasteiger charge is 2.04. The fraction of sp³-hybridized carbons (Fsp3) is 0.250. The van der Waals surface area contributed by atoms with E-state index in [0.717, 1.165) is 21.6 Å². The van der Waals surface area contributed by atoms with Crippen molar-refractivity contribution >= 4 is 33.0 Å². The summed E-state index contributed by atoms with van der Waals surface area (Å²) in [7, 11) is 0. The van der Waals surface area contributed by atoms with Crippen LogP contribution in [0.25, 0.3) is 0 Å². The number of anilines is 3. The van der Waals surface area contributed by atoms with Crippen LogP contribution in [0.4, 0.5) is 17.1 Å². The van der Waals surface area contributed by atoms with E-state index < -0.39 is 0 Å². The van der Waals surface area contributed by atoms with E-state index in [2.05, 4.69) is 34.2 Å². The summed E-state index contributed by atoms with van der Waals surface area (Å²) in [4.78, 5) is 0. The van der Waals surface area contributed by atoms with E-state index in [4.69, 9.17) is 10.5 Å². The van der Waals surface area contributed by atoms with E-state index in [0.29, 0.717) is 5.69 Å². The maximum atomic E-state index is 5.92. The molecule has 0 heterocycles. The molecule has 3 nitrogen and oxygen atoms in total. The van der Waals surface area contributed by atoms with Crippen LogP contribution in [-0.4, -0.2) is 6.10 Å². The third-order valence-corrected chi connectivity index (χ3v) is 3.64. The number of nitrogens with two attached hydrogens (primary N) is 1. The van der Waals surface area contributed by atoms with Crippen molar-refractivity contribution in [2.45, 2.75) is 26.9 Å². The summed E-state index contributed by atoms with van der Waals surface area (Å²) in [5, 5.41) is 3.35. The predicted octanol–water partition coefficient (Wildman–Crippen LogP) is 4.87. The number of hydrogen-bond acceptors (Lipinski definition) is 3. The molecule has 3 N–H and O–H groups in total. The van der Waals surface area contributed by atoms with E-state index in [-0.39, 0.29) is 6.10 Å². The molecule has 0 aliphatic heterocycles. The van der Waals surface area contributed by atoms with Crippen molar-refractivity contribution < 1.29 is 4.74 Å². The van der Waals surface area contributed by atoms with Crippen LogP contribution in [0.5, 0.6) is 5.75 Å². The molecule has 2 rings (SSSR count). The van der Waals surface area contributed by atoms with Crippen LogP contribution in [0, 0.1) is 6.92 Å². The second-order valence-electron chi connectivity index (χ2n) is 5.05. The summed E-state index contributed by atoms with van der Waals surface area (Å²) in [5.41, 5.74) is 9.71. The number of rotatable bonds is 4. The van der Waals surface area contributed by atoms with Crippen molar-refractivity contribution in [1.29, 1.82) is 0 Å². The van der Waals surface area contributed by atoms with Gasteiger partial charge in [0, 0.05) is 33.7 Å². The average molecular weight is 335 g/mol. The van der Waals surface area contributed by atoms with E-state index in [9.17, 15) is 0 Å². The molecule has 0 fully saturated rings. The molecule has 0 saturated heterocycles. The second-order valence-corrected chi connectivity index (χ2v) is 5.90. The molecular formula is C16H19BrN2O. The SMILES string of the molecule is Cc1cc(Nc2cc(N)cc(OC(C)C)c2)ccc1Br. The van der Waals surface area contributed by atoms with Gasteiger partial charge in [-0.05, 0) is 50.6 Å². The Morgan fingerprint density at radius 2 is 1.85 bits per heavy atom. The largest absolute Gasteiger partial charge is 0.491 e. The topological polar surface area (TPSA) is 47.3 Å². The van der Waals surface area contributed by atoms with E-state index in [1.807, 2.05) is 44.2 Å². The van der Waals surface area contributed by atoms with Gasteiger partial charge in [0.2, 0.25) is 0 Å². The monoisotopic (exact) mass is 334 g/mol. The number of nitrogens with one attached hydrogen (secondary N) is 1. The molecule has 20 heavy (non-hydrogen) atoms. The Kier molecular flexibility index (Phi) is 4.55. The number of ether oxygens (including phenoxy) is 1. The highest BCUT2D eigenvalue weighted by molar-refractivity contribution is 9.10. The first kappa shape index (κ1) is 14.7. The molecule has 0 atom stereocenters. The van der Waals surface area contributed by atoms with Crippen LogP contribution in [0.2, 0.25) is 0 Å². The molecule has 0 aromatic heterocycles. The summed E-state index contributed by atoms with van der Waals surface area (Å²) in [6.07, 6.45) is 0.125. The Morgan fingerprint density at radius 3 is 2.50 bits per heavy atom. The Balaban J connectivity index is 2.24. The molecule has 2 aromatic rings. The lowest BCUT2D eigenvalue weighted by molar-refractivity contribution is 0.242. The van der Waals surface area contributed by atoms with Gasteiger partial charge in [0.05, 0.1) is 6.10 Å². The van der Waals surface area contributed by atoms with Gasteiger partial charge in [-0.1, -0.05) is 15.9 Å². The zero-order valence-electron chi connectivity index (χ0n) is 11.9. The van der Waals surface area contributed by atoms with Gasteiger partial charge in [-0.2, -0.15) is 0 Å². The molecule has 0 aliphatic rings. The summed E-state index contributed by atoms with van der Waals surface area (Å²) in [6.45, 7) is 6.05. The van der Waals surface area contributed by atoms with E-state index in [1.54, 1.807) is 0 Å². The van der Waals surface area contributed by atoms with Crippen LogP contribution in [0.3, 0.4) is 0 Å². The summed E-state index contributed by atoms with van der Waals surface area (Å²) < 4.78 is 6.79. The zero-order chi connectivity index (χ0) is 14.7. The maximum Gasteiger partial charge on any atom is 0.123 e. The fourth-order valence-electron chi connectivity index (χ4n) is 1.92. The lowest BCUT2D eigenvalue weighted by Crippen LogP contribution is -2.06. The van der Waals surface area contributed by atoms with Gasteiger partial charge in [-0.25, -0.2) is 0 Å². The molecular weight excluding hydrogens is 316 g/mol. The summed E-state index contributed by atoms with van der Waals surface area (Å²) in [5.74, 6) is 0.774. The molecule has 0 aliphatic carbocycles. The molecule has 2 aromatic carbocycles.